The smallest absolute Gasteiger partial charge is 0.132 e. The van der Waals surface area contributed by atoms with Gasteiger partial charge >= 0.3 is 0 Å². The van der Waals surface area contributed by atoms with Crippen molar-refractivity contribution >= 4 is 102 Å². The Hall–Kier alpha value is -2.67. The standard InChI is InChI=1S/C45H51N5S6/c1-7-11-15-28(9-3)23-45(24-29(10-4)16-12-8-2)32-21-36(30-25-46-39(34-17-13-19-52-34)27(5)38(30)48-51-6)54-43(32)44-33(45)22-37(55-44)31-26-47-41(35-18-14-20-53-35)42-40(31)49-56-50-42/h13,17-19,21-22,25-26,28-29H,5,7-12,14-16,20,23-24H2,1-4,6H3. The first-order valence-electron chi connectivity index (χ1n) is 20.3. The number of pyridine rings is 1. The molecule has 0 bridgehead atoms. The Morgan fingerprint density at radius 1 is 0.911 bits per heavy atom. The number of hydrogen-bond donors (Lipinski definition) is 0. The molecule has 7 heterocycles. The van der Waals surface area contributed by atoms with Crippen LogP contribution in [0.2, 0.25) is 0 Å². The first-order chi connectivity index (χ1) is 27.4. The van der Waals surface area contributed by atoms with Gasteiger partial charge in [0.25, 0.3) is 0 Å². The van der Waals surface area contributed by atoms with E-state index in [1.165, 1.54) is 123 Å². The first kappa shape index (κ1) is 40.1. The van der Waals surface area contributed by atoms with E-state index in [0.29, 0.717) is 11.8 Å². The topological polar surface area (TPSA) is 63.4 Å². The Bertz CT molecular complexity index is 2320. The van der Waals surface area contributed by atoms with Gasteiger partial charge in [-0.1, -0.05) is 97.8 Å². The molecule has 2 atom stereocenters. The lowest BCUT2D eigenvalue weighted by molar-refractivity contribution is 0.266. The maximum absolute atomic E-state index is 5.10. The summed E-state index contributed by atoms with van der Waals surface area (Å²) < 4.78 is 14.8. The molecule has 0 saturated heterocycles. The van der Waals surface area contributed by atoms with E-state index in [1.54, 1.807) is 11.3 Å². The van der Waals surface area contributed by atoms with Crippen molar-refractivity contribution in [1.29, 1.82) is 0 Å². The van der Waals surface area contributed by atoms with Gasteiger partial charge in [-0.25, -0.2) is 4.40 Å². The van der Waals surface area contributed by atoms with E-state index in [4.69, 9.17) is 23.1 Å². The Morgan fingerprint density at radius 3 is 2.23 bits per heavy atom. The van der Waals surface area contributed by atoms with Gasteiger partial charge in [-0.3, -0.25) is 9.98 Å². The van der Waals surface area contributed by atoms with Crippen molar-refractivity contribution in [2.45, 2.75) is 104 Å². The van der Waals surface area contributed by atoms with Crippen LogP contribution in [-0.4, -0.2) is 37.2 Å². The molecule has 1 aliphatic carbocycles. The number of thioether (sulfide) groups is 1. The van der Waals surface area contributed by atoms with Crippen LogP contribution in [0.25, 0.3) is 41.7 Å². The number of unbranched alkanes of at least 4 members (excludes halogenated alkanes) is 2. The minimum Gasteiger partial charge on any atom is -0.254 e. The van der Waals surface area contributed by atoms with Crippen LogP contribution >= 0.6 is 69.4 Å². The molecular formula is C45H51N5S6. The first-order valence-corrected chi connectivity index (χ1v) is 25.7. The number of aliphatic imine (C=N–C) groups is 1. The predicted molar refractivity (Wildman–Crippen MR) is 252 cm³/mol. The molecule has 292 valence electrons. The number of rotatable bonds is 17. The highest BCUT2D eigenvalue weighted by molar-refractivity contribution is 8.08. The van der Waals surface area contributed by atoms with Gasteiger partial charge < -0.3 is 0 Å². The molecule has 2 aliphatic heterocycles. The summed E-state index contributed by atoms with van der Waals surface area (Å²) in [5, 5.41) is 2.10. The summed E-state index contributed by atoms with van der Waals surface area (Å²) in [6.45, 7) is 14.1. The molecule has 8 rings (SSSR count). The molecule has 0 spiro atoms. The molecule has 5 aromatic rings. The summed E-state index contributed by atoms with van der Waals surface area (Å²) in [5.74, 6) is 2.41. The second-order valence-electron chi connectivity index (χ2n) is 15.3. The van der Waals surface area contributed by atoms with Crippen LogP contribution in [0.1, 0.15) is 125 Å². The zero-order valence-electron chi connectivity index (χ0n) is 33.2. The van der Waals surface area contributed by atoms with Crippen LogP contribution in [0.5, 0.6) is 0 Å². The molecule has 2 unspecified atom stereocenters. The number of aromatic nitrogens is 3. The van der Waals surface area contributed by atoms with E-state index in [0.717, 1.165) is 61.9 Å². The SMILES string of the molecule is C=C1C(=NSC)C(c2cc3c(s2)-c2sc(-c4cnc(C5=CCCS5)c5nsnc45)cc2C3(CC(CC)CCCC)CC(CC)CCCC)=CN=C1c1cccs1. The normalized spacial score (nSPS) is 19.7. The summed E-state index contributed by atoms with van der Waals surface area (Å²) >= 11 is 10.3. The Balaban J connectivity index is 1.32. The molecule has 11 heteroatoms. The third kappa shape index (κ3) is 7.43. The summed E-state index contributed by atoms with van der Waals surface area (Å²) in [6, 6.07) is 9.32. The zero-order chi connectivity index (χ0) is 38.8. The van der Waals surface area contributed by atoms with Crippen molar-refractivity contribution in [2.24, 2.45) is 21.2 Å². The Kier molecular flexibility index (Phi) is 12.7. The summed E-state index contributed by atoms with van der Waals surface area (Å²) in [5.41, 5.74) is 10.9. The molecule has 0 fully saturated rings. The van der Waals surface area contributed by atoms with Crippen LogP contribution in [0.15, 0.2) is 69.7 Å². The fourth-order valence-electron chi connectivity index (χ4n) is 8.90. The number of allylic oxidation sites excluding steroid dienone is 3. The van der Waals surface area contributed by atoms with Crippen molar-refractivity contribution in [3.05, 3.63) is 86.8 Å². The van der Waals surface area contributed by atoms with Gasteiger partial charge in [0.05, 0.1) is 28.0 Å². The van der Waals surface area contributed by atoms with Gasteiger partial charge in [0.15, 0.2) is 0 Å². The molecule has 0 saturated carbocycles. The van der Waals surface area contributed by atoms with E-state index >= 15 is 0 Å². The quantitative estimate of drug-likeness (QED) is 0.0872. The second kappa shape index (κ2) is 17.7. The summed E-state index contributed by atoms with van der Waals surface area (Å²) in [7, 11) is 0. The Morgan fingerprint density at radius 2 is 1.61 bits per heavy atom. The fourth-order valence-corrected chi connectivity index (χ4v) is 14.3. The van der Waals surface area contributed by atoms with E-state index < -0.39 is 0 Å². The highest BCUT2D eigenvalue weighted by Crippen LogP contribution is 2.63. The summed E-state index contributed by atoms with van der Waals surface area (Å²) in [4.78, 5) is 17.9. The van der Waals surface area contributed by atoms with Crippen molar-refractivity contribution in [3.63, 3.8) is 0 Å². The molecule has 5 nitrogen and oxygen atoms in total. The van der Waals surface area contributed by atoms with Crippen molar-refractivity contribution in [2.75, 3.05) is 12.0 Å². The van der Waals surface area contributed by atoms with E-state index in [1.807, 2.05) is 40.7 Å². The van der Waals surface area contributed by atoms with Crippen LogP contribution in [0, 0.1) is 11.8 Å². The lowest BCUT2D eigenvalue weighted by Gasteiger charge is -2.37. The van der Waals surface area contributed by atoms with Gasteiger partial charge in [-0.15, -0.1) is 45.8 Å². The maximum Gasteiger partial charge on any atom is 0.132 e. The van der Waals surface area contributed by atoms with Crippen LogP contribution in [-0.2, 0) is 5.41 Å². The maximum atomic E-state index is 5.10. The third-order valence-corrected chi connectivity index (χ3v) is 17.3. The monoisotopic (exact) mass is 853 g/mol. The molecular weight excluding hydrogens is 803 g/mol. The van der Waals surface area contributed by atoms with Crippen LogP contribution in [0.4, 0.5) is 0 Å². The van der Waals surface area contributed by atoms with Gasteiger partial charge in [-0.2, -0.15) is 8.75 Å². The van der Waals surface area contributed by atoms with Gasteiger partial charge in [0.1, 0.15) is 16.7 Å². The molecule has 0 radical (unpaired) electrons. The minimum atomic E-state index is -0.0798. The lowest BCUT2D eigenvalue weighted by Crippen LogP contribution is -2.31. The number of hydrogen-bond acceptors (Lipinski definition) is 11. The molecule has 0 aromatic carbocycles. The fraction of sp³-hybridized carbons (Fsp3) is 0.444. The van der Waals surface area contributed by atoms with Crippen molar-refractivity contribution in [1.82, 2.24) is 13.7 Å². The average molecular weight is 854 g/mol. The van der Waals surface area contributed by atoms with Crippen molar-refractivity contribution in [3.8, 4) is 20.2 Å². The second-order valence-corrected chi connectivity index (χ2v) is 20.6. The highest BCUT2D eigenvalue weighted by atomic mass is 32.2. The highest BCUT2D eigenvalue weighted by Gasteiger charge is 2.48. The largest absolute Gasteiger partial charge is 0.254 e. The lowest BCUT2D eigenvalue weighted by atomic mass is 9.65. The molecule has 3 aliphatic rings. The Labute approximate surface area is 357 Å². The van der Waals surface area contributed by atoms with E-state index in [9.17, 15) is 0 Å². The van der Waals surface area contributed by atoms with Crippen molar-refractivity contribution < 1.29 is 0 Å². The summed E-state index contributed by atoms with van der Waals surface area (Å²) in [6.07, 6.45) is 21.9. The van der Waals surface area contributed by atoms with Crippen LogP contribution in [0.3, 0.4) is 0 Å². The minimum absolute atomic E-state index is 0.0798. The van der Waals surface area contributed by atoms with Gasteiger partial charge in [0, 0.05) is 70.9 Å². The third-order valence-electron chi connectivity index (χ3n) is 11.9. The molecule has 0 amide bonds. The number of nitrogens with zero attached hydrogens (tertiary/aromatic N) is 5. The number of thiophene rings is 3. The van der Waals surface area contributed by atoms with E-state index in [2.05, 4.69) is 82.4 Å². The molecule has 0 N–H and O–H groups in total. The molecule has 56 heavy (non-hydrogen) atoms. The van der Waals surface area contributed by atoms with Crippen LogP contribution < -0.4 is 0 Å². The van der Waals surface area contributed by atoms with Gasteiger partial charge in [-0.05, 0) is 77.8 Å². The van der Waals surface area contributed by atoms with Gasteiger partial charge in [0.2, 0.25) is 0 Å². The zero-order valence-corrected chi connectivity index (χ0v) is 38.1. The molecule has 5 aromatic heterocycles. The predicted octanol–water partition coefficient (Wildman–Crippen LogP) is 15.0. The average Bonchev–Trinajstić information content (AvgIpc) is 4.07. The number of fused-ring (bicyclic) bond motifs is 4. The van der Waals surface area contributed by atoms with E-state index in [-0.39, 0.29) is 5.41 Å².